The molecule has 1 atom stereocenters. The highest BCUT2D eigenvalue weighted by Gasteiger charge is 2.22. The Morgan fingerprint density at radius 2 is 2.14 bits per heavy atom. The van der Waals surface area contributed by atoms with E-state index in [-0.39, 0.29) is 11.6 Å². The quantitative estimate of drug-likeness (QED) is 0.884. The summed E-state index contributed by atoms with van der Waals surface area (Å²) in [4.78, 5) is 23.4. The van der Waals surface area contributed by atoms with Gasteiger partial charge >= 0.3 is 5.97 Å². The molecule has 0 spiro atoms. The molecule has 3 rings (SSSR count). The Morgan fingerprint density at radius 1 is 1.33 bits per heavy atom. The molecule has 1 aliphatic heterocycles. The molecular weight excluding hydrogens is 272 g/mol. The van der Waals surface area contributed by atoms with Crippen LogP contribution in [0, 0.1) is 0 Å². The summed E-state index contributed by atoms with van der Waals surface area (Å²) in [6.45, 7) is 1.28. The minimum atomic E-state index is -1.07. The fourth-order valence-corrected chi connectivity index (χ4v) is 2.25. The predicted molar refractivity (Wildman–Crippen MR) is 74.7 cm³/mol. The van der Waals surface area contributed by atoms with Crippen LogP contribution < -0.4 is 5.32 Å². The molecule has 0 aromatic carbocycles. The van der Waals surface area contributed by atoms with Crippen LogP contribution in [-0.2, 0) is 4.74 Å². The highest BCUT2D eigenvalue weighted by molar-refractivity contribution is 5.93. The second-order valence-electron chi connectivity index (χ2n) is 4.75. The summed E-state index contributed by atoms with van der Waals surface area (Å²) in [5.74, 6) is -0.910. The van der Waals surface area contributed by atoms with Crippen LogP contribution in [-0.4, -0.2) is 39.2 Å². The standard InChI is InChI=1S/C14H14N4O3/c19-14(20)13-12(17-10-5-15-8-16-6-10)2-1-11(18-13)9-3-4-21-7-9/h1-2,5-6,8-9,17H,3-4,7H2,(H,19,20). The van der Waals surface area contributed by atoms with Gasteiger partial charge in [-0.05, 0) is 18.6 Å². The zero-order chi connectivity index (χ0) is 14.7. The van der Waals surface area contributed by atoms with Gasteiger partial charge in [0.05, 0.1) is 30.4 Å². The maximum atomic E-state index is 11.4. The van der Waals surface area contributed by atoms with Crippen molar-refractivity contribution in [3.8, 4) is 0 Å². The van der Waals surface area contributed by atoms with E-state index in [0.29, 0.717) is 24.6 Å². The third-order valence-corrected chi connectivity index (χ3v) is 3.31. The van der Waals surface area contributed by atoms with E-state index in [1.54, 1.807) is 18.5 Å². The summed E-state index contributed by atoms with van der Waals surface area (Å²) < 4.78 is 5.32. The first-order valence-electron chi connectivity index (χ1n) is 6.58. The van der Waals surface area contributed by atoms with Crippen molar-refractivity contribution in [2.45, 2.75) is 12.3 Å². The second kappa shape index (κ2) is 5.84. The van der Waals surface area contributed by atoms with Gasteiger partial charge in [0.25, 0.3) is 0 Å². The average Bonchev–Trinajstić information content (AvgIpc) is 3.03. The summed E-state index contributed by atoms with van der Waals surface area (Å²) in [5.41, 5.74) is 1.77. The SMILES string of the molecule is O=C(O)c1nc(C2CCOC2)ccc1Nc1cncnc1. The lowest BCUT2D eigenvalue weighted by molar-refractivity contribution is 0.0691. The minimum Gasteiger partial charge on any atom is -0.476 e. The van der Waals surface area contributed by atoms with Crippen LogP contribution in [0.1, 0.15) is 28.5 Å². The molecule has 0 aliphatic carbocycles. The number of hydrogen-bond acceptors (Lipinski definition) is 6. The molecule has 0 saturated carbocycles. The third-order valence-electron chi connectivity index (χ3n) is 3.31. The van der Waals surface area contributed by atoms with E-state index in [4.69, 9.17) is 4.74 Å². The normalized spacial score (nSPS) is 17.6. The lowest BCUT2D eigenvalue weighted by Crippen LogP contribution is -2.10. The summed E-state index contributed by atoms with van der Waals surface area (Å²) >= 11 is 0. The van der Waals surface area contributed by atoms with E-state index in [0.717, 1.165) is 12.1 Å². The van der Waals surface area contributed by atoms with Gasteiger partial charge in [0.15, 0.2) is 5.69 Å². The first-order valence-corrected chi connectivity index (χ1v) is 6.58. The maximum Gasteiger partial charge on any atom is 0.356 e. The number of anilines is 2. The molecule has 21 heavy (non-hydrogen) atoms. The Morgan fingerprint density at radius 3 is 2.81 bits per heavy atom. The molecule has 3 heterocycles. The number of nitrogens with one attached hydrogen (secondary N) is 1. The van der Waals surface area contributed by atoms with Gasteiger partial charge in [0.1, 0.15) is 6.33 Å². The summed E-state index contributed by atoms with van der Waals surface area (Å²) in [7, 11) is 0. The zero-order valence-corrected chi connectivity index (χ0v) is 11.2. The van der Waals surface area contributed by atoms with Gasteiger partial charge in [0.2, 0.25) is 0 Å². The van der Waals surface area contributed by atoms with Crippen molar-refractivity contribution in [3.63, 3.8) is 0 Å². The minimum absolute atomic E-state index is 0.0109. The van der Waals surface area contributed by atoms with Crippen molar-refractivity contribution < 1.29 is 14.6 Å². The molecule has 0 amide bonds. The van der Waals surface area contributed by atoms with Crippen molar-refractivity contribution >= 4 is 17.3 Å². The topological polar surface area (TPSA) is 97.2 Å². The van der Waals surface area contributed by atoms with E-state index < -0.39 is 5.97 Å². The fourth-order valence-electron chi connectivity index (χ4n) is 2.25. The van der Waals surface area contributed by atoms with Crippen LogP contribution in [0.3, 0.4) is 0 Å². The molecule has 1 saturated heterocycles. The Bertz CT molecular complexity index is 642. The monoisotopic (exact) mass is 286 g/mol. The van der Waals surface area contributed by atoms with Gasteiger partial charge < -0.3 is 15.2 Å². The van der Waals surface area contributed by atoms with Gasteiger partial charge in [-0.2, -0.15) is 0 Å². The smallest absolute Gasteiger partial charge is 0.356 e. The van der Waals surface area contributed by atoms with Crippen LogP contribution in [0.25, 0.3) is 0 Å². The van der Waals surface area contributed by atoms with E-state index in [1.807, 2.05) is 6.07 Å². The molecule has 1 aliphatic rings. The fraction of sp³-hybridized carbons (Fsp3) is 0.286. The van der Waals surface area contributed by atoms with Crippen molar-refractivity contribution in [2.24, 2.45) is 0 Å². The first kappa shape index (κ1) is 13.4. The van der Waals surface area contributed by atoms with Crippen LogP contribution in [0.2, 0.25) is 0 Å². The lowest BCUT2D eigenvalue weighted by Gasteiger charge is -2.12. The molecule has 2 N–H and O–H groups in total. The van der Waals surface area contributed by atoms with E-state index in [2.05, 4.69) is 20.3 Å². The zero-order valence-electron chi connectivity index (χ0n) is 11.2. The number of carbonyl (C=O) groups is 1. The number of nitrogens with zero attached hydrogens (tertiary/aromatic N) is 3. The number of hydrogen-bond donors (Lipinski definition) is 2. The van der Waals surface area contributed by atoms with E-state index in [9.17, 15) is 9.90 Å². The molecule has 7 heteroatoms. The van der Waals surface area contributed by atoms with E-state index in [1.165, 1.54) is 6.33 Å². The number of rotatable bonds is 4. The lowest BCUT2D eigenvalue weighted by atomic mass is 10.0. The molecule has 2 aromatic rings. The molecule has 108 valence electrons. The van der Waals surface area contributed by atoms with Crippen molar-refractivity contribution in [1.29, 1.82) is 0 Å². The van der Waals surface area contributed by atoms with Crippen LogP contribution >= 0.6 is 0 Å². The maximum absolute atomic E-state index is 11.4. The summed E-state index contributed by atoms with van der Waals surface area (Å²) in [5, 5.41) is 12.3. The van der Waals surface area contributed by atoms with Crippen LogP contribution in [0.4, 0.5) is 11.4 Å². The van der Waals surface area contributed by atoms with Crippen LogP contribution in [0.15, 0.2) is 30.9 Å². The van der Waals surface area contributed by atoms with Crippen molar-refractivity contribution in [2.75, 3.05) is 18.5 Å². The second-order valence-corrected chi connectivity index (χ2v) is 4.75. The third kappa shape index (κ3) is 2.97. The van der Waals surface area contributed by atoms with Gasteiger partial charge in [-0.25, -0.2) is 19.7 Å². The Labute approximate surface area is 121 Å². The average molecular weight is 286 g/mol. The number of pyridine rings is 1. The van der Waals surface area contributed by atoms with Crippen molar-refractivity contribution in [1.82, 2.24) is 15.0 Å². The van der Waals surface area contributed by atoms with Crippen LogP contribution in [0.5, 0.6) is 0 Å². The number of aromatic carboxylic acids is 1. The van der Waals surface area contributed by atoms with E-state index >= 15 is 0 Å². The molecular formula is C14H14N4O3. The van der Waals surface area contributed by atoms with Gasteiger partial charge in [-0.3, -0.25) is 0 Å². The molecule has 0 bridgehead atoms. The van der Waals surface area contributed by atoms with Gasteiger partial charge in [-0.1, -0.05) is 0 Å². The highest BCUT2D eigenvalue weighted by Crippen LogP contribution is 2.27. The first-order chi connectivity index (χ1) is 10.2. The Kier molecular flexibility index (Phi) is 3.74. The molecule has 7 nitrogen and oxygen atoms in total. The Hall–Kier alpha value is -2.54. The van der Waals surface area contributed by atoms with Gasteiger partial charge in [0, 0.05) is 18.2 Å². The summed E-state index contributed by atoms with van der Waals surface area (Å²) in [6, 6.07) is 3.55. The molecule has 1 fully saturated rings. The predicted octanol–water partition coefficient (Wildman–Crippen LogP) is 1.82. The van der Waals surface area contributed by atoms with Crippen molar-refractivity contribution in [3.05, 3.63) is 42.2 Å². The molecule has 0 radical (unpaired) electrons. The van der Waals surface area contributed by atoms with Gasteiger partial charge in [-0.15, -0.1) is 0 Å². The largest absolute Gasteiger partial charge is 0.476 e. The number of carboxylic acids is 1. The Balaban J connectivity index is 1.91. The number of ether oxygens (including phenoxy) is 1. The summed E-state index contributed by atoms with van der Waals surface area (Å²) in [6.07, 6.45) is 5.41. The molecule has 1 unspecified atom stereocenters. The number of aromatic nitrogens is 3. The molecule has 2 aromatic heterocycles. The number of carboxylic acid groups (broad SMARTS) is 1. The highest BCUT2D eigenvalue weighted by atomic mass is 16.5.